The number of rotatable bonds is 5. The molecule has 2 heterocycles. The molecule has 1 amide bonds. The van der Waals surface area contributed by atoms with Gasteiger partial charge in [0.05, 0.1) is 17.5 Å². The lowest BCUT2D eigenvalue weighted by Gasteiger charge is -2.32. The maximum Gasteiger partial charge on any atom is 0.316 e. The smallest absolute Gasteiger partial charge is 0.316 e. The molecule has 7 heteroatoms. The first-order valence-corrected chi connectivity index (χ1v) is 9.02. The van der Waals surface area contributed by atoms with Crippen LogP contribution in [0, 0.1) is 11.7 Å². The molecule has 0 N–H and O–H groups in total. The number of carbonyl (C=O) groups excluding carboxylic acids is 1. The number of piperidine rings is 1. The van der Waals surface area contributed by atoms with E-state index < -0.39 is 0 Å². The van der Waals surface area contributed by atoms with Gasteiger partial charge in [-0.25, -0.2) is 14.4 Å². The molecule has 2 aromatic rings. The fourth-order valence-electron chi connectivity index (χ4n) is 2.88. The normalized spacial score (nSPS) is 17.4. The van der Waals surface area contributed by atoms with Crippen LogP contribution < -0.4 is 4.74 Å². The molecule has 1 fully saturated rings. The Balaban J connectivity index is 1.50. The van der Waals surface area contributed by atoms with Gasteiger partial charge in [0.25, 0.3) is 0 Å². The molecule has 0 radical (unpaired) electrons. The zero-order valence-corrected chi connectivity index (χ0v) is 15.3. The number of ether oxygens (including phenoxy) is 1. The van der Waals surface area contributed by atoms with Gasteiger partial charge in [-0.1, -0.05) is 12.1 Å². The lowest BCUT2D eigenvalue weighted by atomic mass is 9.98. The van der Waals surface area contributed by atoms with Crippen molar-refractivity contribution in [2.45, 2.75) is 19.3 Å². The topological polar surface area (TPSA) is 55.3 Å². The molecular formula is C18H19BrFN3O2. The average Bonchev–Trinajstić information content (AvgIpc) is 2.63. The van der Waals surface area contributed by atoms with Crippen LogP contribution in [0.4, 0.5) is 4.39 Å². The van der Waals surface area contributed by atoms with Crippen molar-refractivity contribution >= 4 is 21.8 Å². The number of benzene rings is 1. The molecule has 3 rings (SSSR count). The third kappa shape index (κ3) is 5.22. The second-order valence-corrected chi connectivity index (χ2v) is 7.06. The van der Waals surface area contributed by atoms with E-state index in [0.29, 0.717) is 25.6 Å². The summed E-state index contributed by atoms with van der Waals surface area (Å²) in [6, 6.07) is 6.42. The molecule has 1 unspecified atom stereocenters. The van der Waals surface area contributed by atoms with Crippen LogP contribution in [0.25, 0.3) is 0 Å². The third-order valence-electron chi connectivity index (χ3n) is 4.19. The summed E-state index contributed by atoms with van der Waals surface area (Å²) in [5.74, 6) is 0.0379. The van der Waals surface area contributed by atoms with Crippen molar-refractivity contribution in [1.29, 1.82) is 0 Å². The van der Waals surface area contributed by atoms with Crippen molar-refractivity contribution in [1.82, 2.24) is 14.9 Å². The Bertz CT molecular complexity index is 709. The predicted molar refractivity (Wildman–Crippen MR) is 94.6 cm³/mol. The molecule has 1 atom stereocenters. The first-order chi connectivity index (χ1) is 12.1. The lowest BCUT2D eigenvalue weighted by Crippen LogP contribution is -2.42. The summed E-state index contributed by atoms with van der Waals surface area (Å²) in [5.41, 5.74) is 0.827. The summed E-state index contributed by atoms with van der Waals surface area (Å²) in [5, 5.41) is 0. The minimum Gasteiger partial charge on any atom is -0.463 e. The molecule has 0 bridgehead atoms. The maximum atomic E-state index is 13.0. The number of likely N-dealkylation sites (tertiary alicyclic amines) is 1. The van der Waals surface area contributed by atoms with Crippen LogP contribution in [0.1, 0.15) is 18.4 Å². The maximum absolute atomic E-state index is 13.0. The van der Waals surface area contributed by atoms with Crippen LogP contribution in [0.5, 0.6) is 6.01 Å². The SMILES string of the molecule is O=C(Cc1ccc(F)cc1)N1CCCC(COc2ncc(Br)cn2)C1. The highest BCUT2D eigenvalue weighted by Crippen LogP contribution is 2.19. The minimum atomic E-state index is -0.290. The molecule has 0 saturated carbocycles. The number of halogens is 2. The molecule has 0 aliphatic carbocycles. The number of carbonyl (C=O) groups is 1. The van der Waals surface area contributed by atoms with Gasteiger partial charge in [0, 0.05) is 31.4 Å². The van der Waals surface area contributed by atoms with Gasteiger partial charge < -0.3 is 9.64 Å². The molecule has 1 aliphatic heterocycles. The highest BCUT2D eigenvalue weighted by atomic mass is 79.9. The van der Waals surface area contributed by atoms with E-state index in [1.165, 1.54) is 12.1 Å². The summed E-state index contributed by atoms with van der Waals surface area (Å²) in [6.45, 7) is 1.91. The van der Waals surface area contributed by atoms with Crippen molar-refractivity contribution < 1.29 is 13.9 Å². The highest BCUT2D eigenvalue weighted by molar-refractivity contribution is 9.10. The number of hydrogen-bond acceptors (Lipinski definition) is 4. The largest absolute Gasteiger partial charge is 0.463 e. The summed E-state index contributed by atoms with van der Waals surface area (Å²) < 4.78 is 19.4. The van der Waals surface area contributed by atoms with Gasteiger partial charge in [-0.05, 0) is 46.5 Å². The zero-order valence-electron chi connectivity index (χ0n) is 13.7. The molecule has 25 heavy (non-hydrogen) atoms. The van der Waals surface area contributed by atoms with Crippen molar-refractivity contribution in [3.05, 3.63) is 52.5 Å². The van der Waals surface area contributed by atoms with Gasteiger partial charge >= 0.3 is 6.01 Å². The van der Waals surface area contributed by atoms with E-state index in [4.69, 9.17) is 4.74 Å². The highest BCUT2D eigenvalue weighted by Gasteiger charge is 2.24. The van der Waals surface area contributed by atoms with Crippen LogP contribution in [0.2, 0.25) is 0 Å². The average molecular weight is 408 g/mol. The summed E-state index contributed by atoms with van der Waals surface area (Å²) >= 11 is 3.28. The van der Waals surface area contributed by atoms with Crippen LogP contribution in [0.15, 0.2) is 41.1 Å². The van der Waals surface area contributed by atoms with E-state index in [2.05, 4.69) is 25.9 Å². The number of hydrogen-bond donors (Lipinski definition) is 0. The van der Waals surface area contributed by atoms with Gasteiger partial charge in [-0.3, -0.25) is 4.79 Å². The predicted octanol–water partition coefficient (Wildman–Crippen LogP) is 3.24. The molecular weight excluding hydrogens is 389 g/mol. The van der Waals surface area contributed by atoms with E-state index in [-0.39, 0.29) is 17.6 Å². The van der Waals surface area contributed by atoms with Gasteiger partial charge in [0.1, 0.15) is 5.82 Å². The first kappa shape index (κ1) is 17.8. The summed E-state index contributed by atoms with van der Waals surface area (Å²) in [6.07, 6.45) is 5.54. The lowest BCUT2D eigenvalue weighted by molar-refractivity contribution is -0.132. The third-order valence-corrected chi connectivity index (χ3v) is 4.59. The molecule has 1 aliphatic rings. The zero-order chi connectivity index (χ0) is 17.6. The second kappa shape index (κ2) is 8.38. The van der Waals surface area contributed by atoms with Gasteiger partial charge in [-0.2, -0.15) is 0 Å². The Morgan fingerprint density at radius 3 is 2.72 bits per heavy atom. The molecule has 1 aromatic heterocycles. The number of amides is 1. The Hall–Kier alpha value is -2.02. The molecule has 132 valence electrons. The summed E-state index contributed by atoms with van der Waals surface area (Å²) in [4.78, 5) is 22.5. The Morgan fingerprint density at radius 2 is 2.00 bits per heavy atom. The standard InChI is InChI=1S/C18H19BrFN3O2/c19-15-9-21-18(22-10-15)25-12-14-2-1-7-23(11-14)17(24)8-13-3-5-16(20)6-4-13/h3-6,9-10,14H,1-2,7-8,11-12H2. The molecule has 1 aromatic carbocycles. The fraction of sp³-hybridized carbons (Fsp3) is 0.389. The van der Waals surface area contributed by atoms with Crippen LogP contribution in [0.3, 0.4) is 0 Å². The Kier molecular flexibility index (Phi) is 5.96. The number of nitrogens with zero attached hydrogens (tertiary/aromatic N) is 3. The fourth-order valence-corrected chi connectivity index (χ4v) is 3.09. The molecule has 5 nitrogen and oxygen atoms in total. The Morgan fingerprint density at radius 1 is 1.28 bits per heavy atom. The molecule has 1 saturated heterocycles. The van der Waals surface area contributed by atoms with E-state index in [1.54, 1.807) is 24.5 Å². The van der Waals surface area contributed by atoms with Gasteiger partial charge in [0.15, 0.2) is 0 Å². The minimum absolute atomic E-state index is 0.0659. The van der Waals surface area contributed by atoms with Crippen molar-refractivity contribution in [3.8, 4) is 6.01 Å². The molecule has 0 spiro atoms. The van der Waals surface area contributed by atoms with Crippen molar-refractivity contribution in [3.63, 3.8) is 0 Å². The quantitative estimate of drug-likeness (QED) is 0.763. The van der Waals surface area contributed by atoms with Crippen molar-refractivity contribution in [2.24, 2.45) is 5.92 Å². The van der Waals surface area contributed by atoms with Gasteiger partial charge in [0.2, 0.25) is 5.91 Å². The van der Waals surface area contributed by atoms with E-state index in [1.807, 2.05) is 4.90 Å². The van der Waals surface area contributed by atoms with E-state index >= 15 is 0 Å². The van der Waals surface area contributed by atoms with E-state index in [9.17, 15) is 9.18 Å². The van der Waals surface area contributed by atoms with E-state index in [0.717, 1.165) is 29.4 Å². The van der Waals surface area contributed by atoms with Crippen LogP contribution in [-0.2, 0) is 11.2 Å². The second-order valence-electron chi connectivity index (χ2n) is 6.15. The van der Waals surface area contributed by atoms with Crippen LogP contribution >= 0.6 is 15.9 Å². The number of aromatic nitrogens is 2. The monoisotopic (exact) mass is 407 g/mol. The Labute approximate surface area is 154 Å². The first-order valence-electron chi connectivity index (χ1n) is 8.23. The van der Waals surface area contributed by atoms with Crippen molar-refractivity contribution in [2.75, 3.05) is 19.7 Å². The summed E-state index contributed by atoms with van der Waals surface area (Å²) in [7, 11) is 0. The van der Waals surface area contributed by atoms with Gasteiger partial charge in [-0.15, -0.1) is 0 Å². The van der Waals surface area contributed by atoms with Crippen LogP contribution in [-0.4, -0.2) is 40.5 Å².